The van der Waals surface area contributed by atoms with Gasteiger partial charge in [0.05, 0.1) is 6.10 Å². The summed E-state index contributed by atoms with van der Waals surface area (Å²) < 4.78 is 5.42. The number of rotatable bonds is 5. The molecule has 2 rings (SSSR count). The van der Waals surface area contributed by atoms with Gasteiger partial charge in [-0.2, -0.15) is 0 Å². The number of anilines is 1. The first-order valence-electron chi connectivity index (χ1n) is 7.33. The van der Waals surface area contributed by atoms with Gasteiger partial charge in [-0.15, -0.1) is 0 Å². The number of piperidine rings is 1. The predicted molar refractivity (Wildman–Crippen MR) is 80.8 cm³/mol. The molecule has 1 heterocycles. The fourth-order valence-electron chi connectivity index (χ4n) is 2.87. The molecule has 1 aromatic rings. The fourth-order valence-corrected chi connectivity index (χ4v) is 2.87. The van der Waals surface area contributed by atoms with Gasteiger partial charge in [0.1, 0.15) is 0 Å². The first kappa shape index (κ1) is 14.4. The van der Waals surface area contributed by atoms with Crippen molar-refractivity contribution in [1.82, 2.24) is 5.32 Å². The second-order valence-corrected chi connectivity index (χ2v) is 5.26. The molecule has 0 spiro atoms. The Balaban J connectivity index is 1.99. The topological polar surface area (TPSA) is 24.5 Å². The Hall–Kier alpha value is -1.06. The van der Waals surface area contributed by atoms with E-state index in [1.54, 1.807) is 0 Å². The summed E-state index contributed by atoms with van der Waals surface area (Å²) in [5.41, 5.74) is 2.71. The largest absolute Gasteiger partial charge is 0.381 e. The lowest BCUT2D eigenvalue weighted by Gasteiger charge is -2.33. The Morgan fingerprint density at radius 2 is 1.89 bits per heavy atom. The molecule has 1 saturated heterocycles. The normalized spacial score (nSPS) is 18.6. The minimum Gasteiger partial charge on any atom is -0.381 e. The van der Waals surface area contributed by atoms with Crippen LogP contribution in [0.1, 0.15) is 37.8 Å². The van der Waals surface area contributed by atoms with Crippen molar-refractivity contribution in [2.24, 2.45) is 0 Å². The van der Waals surface area contributed by atoms with Crippen LogP contribution in [0.15, 0.2) is 24.3 Å². The molecule has 1 aliphatic heterocycles. The van der Waals surface area contributed by atoms with Gasteiger partial charge in [-0.3, -0.25) is 0 Å². The average Bonchev–Trinajstić information content (AvgIpc) is 2.49. The Bertz CT molecular complexity index is 365. The van der Waals surface area contributed by atoms with Crippen LogP contribution in [0.4, 0.5) is 5.69 Å². The summed E-state index contributed by atoms with van der Waals surface area (Å²) in [6, 6.07) is 9.48. The van der Waals surface area contributed by atoms with Crippen molar-refractivity contribution in [3.05, 3.63) is 29.8 Å². The van der Waals surface area contributed by atoms with Crippen LogP contribution in [0.25, 0.3) is 0 Å². The van der Waals surface area contributed by atoms with Gasteiger partial charge in [0.15, 0.2) is 0 Å². The second-order valence-electron chi connectivity index (χ2n) is 5.26. The van der Waals surface area contributed by atoms with Crippen molar-refractivity contribution in [3.8, 4) is 0 Å². The molecule has 1 fully saturated rings. The molecule has 0 amide bonds. The SMILES string of the molecule is CCC(NC)c1ccc(N2CCC(OC)CC2)cc1. The van der Waals surface area contributed by atoms with Crippen LogP contribution in [0, 0.1) is 0 Å². The minimum atomic E-state index is 0.448. The number of nitrogens with zero attached hydrogens (tertiary/aromatic N) is 1. The molecule has 0 aromatic heterocycles. The van der Waals surface area contributed by atoms with Crippen LogP contribution in [0.3, 0.4) is 0 Å². The van der Waals surface area contributed by atoms with Crippen LogP contribution in [0.5, 0.6) is 0 Å². The zero-order chi connectivity index (χ0) is 13.7. The third-order valence-corrected chi connectivity index (χ3v) is 4.19. The Labute approximate surface area is 116 Å². The molecular formula is C16H26N2O. The number of benzene rings is 1. The smallest absolute Gasteiger partial charge is 0.0605 e. The fraction of sp³-hybridized carbons (Fsp3) is 0.625. The third-order valence-electron chi connectivity index (χ3n) is 4.19. The van der Waals surface area contributed by atoms with Crippen molar-refractivity contribution in [2.45, 2.75) is 38.3 Å². The average molecular weight is 262 g/mol. The van der Waals surface area contributed by atoms with E-state index in [0.29, 0.717) is 12.1 Å². The maximum Gasteiger partial charge on any atom is 0.0605 e. The van der Waals surface area contributed by atoms with Crippen LogP contribution < -0.4 is 10.2 Å². The summed E-state index contributed by atoms with van der Waals surface area (Å²) in [4.78, 5) is 2.46. The highest BCUT2D eigenvalue weighted by molar-refractivity contribution is 5.48. The van der Waals surface area contributed by atoms with Crippen molar-refractivity contribution in [3.63, 3.8) is 0 Å². The van der Waals surface area contributed by atoms with Gasteiger partial charge in [-0.1, -0.05) is 19.1 Å². The molecule has 1 aliphatic rings. The second kappa shape index (κ2) is 6.92. The van der Waals surface area contributed by atoms with Gasteiger partial charge in [0, 0.05) is 31.9 Å². The zero-order valence-corrected chi connectivity index (χ0v) is 12.4. The van der Waals surface area contributed by atoms with E-state index in [-0.39, 0.29) is 0 Å². The molecule has 1 atom stereocenters. The number of nitrogens with one attached hydrogen (secondary N) is 1. The van der Waals surface area contributed by atoms with Crippen molar-refractivity contribution in [2.75, 3.05) is 32.1 Å². The lowest BCUT2D eigenvalue weighted by atomic mass is 10.0. The maximum absolute atomic E-state index is 5.42. The summed E-state index contributed by atoms with van der Waals surface area (Å²) >= 11 is 0. The highest BCUT2D eigenvalue weighted by Gasteiger charge is 2.18. The maximum atomic E-state index is 5.42. The molecule has 3 heteroatoms. The summed E-state index contributed by atoms with van der Waals surface area (Å²) in [6.45, 7) is 4.41. The first-order chi connectivity index (χ1) is 9.28. The molecule has 1 aromatic carbocycles. The number of hydrogen-bond donors (Lipinski definition) is 1. The Morgan fingerprint density at radius 3 is 2.37 bits per heavy atom. The van der Waals surface area contributed by atoms with Crippen molar-refractivity contribution < 1.29 is 4.74 Å². The molecule has 3 nitrogen and oxygen atoms in total. The van der Waals surface area contributed by atoms with Crippen molar-refractivity contribution in [1.29, 1.82) is 0 Å². The van der Waals surface area contributed by atoms with Gasteiger partial charge in [0.2, 0.25) is 0 Å². The van der Waals surface area contributed by atoms with E-state index in [2.05, 4.69) is 41.4 Å². The molecule has 0 aliphatic carbocycles. The summed E-state index contributed by atoms with van der Waals surface area (Å²) in [5.74, 6) is 0. The van der Waals surface area contributed by atoms with Gasteiger partial charge in [-0.25, -0.2) is 0 Å². The van der Waals surface area contributed by atoms with Crippen LogP contribution in [-0.2, 0) is 4.74 Å². The van der Waals surface area contributed by atoms with E-state index in [1.165, 1.54) is 11.3 Å². The molecule has 1 N–H and O–H groups in total. The van der Waals surface area contributed by atoms with Crippen LogP contribution >= 0.6 is 0 Å². The molecule has 1 unspecified atom stereocenters. The van der Waals surface area contributed by atoms with E-state index in [4.69, 9.17) is 4.74 Å². The highest BCUT2D eigenvalue weighted by Crippen LogP contribution is 2.24. The highest BCUT2D eigenvalue weighted by atomic mass is 16.5. The number of ether oxygens (including phenoxy) is 1. The van der Waals surface area contributed by atoms with Crippen molar-refractivity contribution >= 4 is 5.69 Å². The molecule has 0 saturated carbocycles. The van der Waals surface area contributed by atoms with E-state index in [9.17, 15) is 0 Å². The summed E-state index contributed by atoms with van der Waals surface area (Å²) in [7, 11) is 3.84. The van der Waals surface area contributed by atoms with Gasteiger partial charge < -0.3 is 15.0 Å². The quantitative estimate of drug-likeness (QED) is 0.883. The molecule has 0 bridgehead atoms. The number of methoxy groups -OCH3 is 1. The minimum absolute atomic E-state index is 0.448. The lowest BCUT2D eigenvalue weighted by molar-refractivity contribution is 0.0819. The Kier molecular flexibility index (Phi) is 5.23. The Morgan fingerprint density at radius 1 is 1.26 bits per heavy atom. The van der Waals surface area contributed by atoms with Gasteiger partial charge >= 0.3 is 0 Å². The van der Waals surface area contributed by atoms with Crippen LogP contribution in [-0.4, -0.2) is 33.4 Å². The first-order valence-corrected chi connectivity index (χ1v) is 7.33. The zero-order valence-electron chi connectivity index (χ0n) is 12.4. The van der Waals surface area contributed by atoms with Gasteiger partial charge in [0.25, 0.3) is 0 Å². The summed E-state index contributed by atoms with van der Waals surface area (Å²) in [6.07, 6.45) is 3.83. The molecule has 0 radical (unpaired) electrons. The van der Waals surface area contributed by atoms with E-state index >= 15 is 0 Å². The summed E-state index contributed by atoms with van der Waals surface area (Å²) in [5, 5.41) is 3.35. The monoisotopic (exact) mass is 262 g/mol. The van der Waals surface area contributed by atoms with E-state index in [0.717, 1.165) is 32.4 Å². The van der Waals surface area contributed by atoms with Gasteiger partial charge in [-0.05, 0) is 44.0 Å². The third kappa shape index (κ3) is 3.48. The molecule has 106 valence electrons. The molecular weight excluding hydrogens is 236 g/mol. The molecule has 19 heavy (non-hydrogen) atoms. The lowest BCUT2D eigenvalue weighted by Crippen LogP contribution is -2.36. The number of hydrogen-bond acceptors (Lipinski definition) is 3. The van der Waals surface area contributed by atoms with Crippen LogP contribution in [0.2, 0.25) is 0 Å². The standard InChI is InChI=1S/C16H26N2O/c1-4-16(17-2)13-5-7-14(8-6-13)18-11-9-15(19-3)10-12-18/h5-8,15-17H,4,9-12H2,1-3H3. The van der Waals surface area contributed by atoms with E-state index in [1.807, 2.05) is 14.2 Å². The predicted octanol–water partition coefficient (Wildman–Crippen LogP) is 2.97. The van der Waals surface area contributed by atoms with E-state index < -0.39 is 0 Å².